The topological polar surface area (TPSA) is 32.3 Å². The average molecular weight is 157 g/mol. The first kappa shape index (κ1) is 9.01. The average Bonchev–Trinajstić information content (AvgIpc) is 2.05. The lowest BCUT2D eigenvalue weighted by Crippen LogP contribution is -2.36. The van der Waals surface area contributed by atoms with Gasteiger partial charge < -0.3 is 10.4 Å². The molecule has 3 unspecified atom stereocenters. The Balaban J connectivity index is 2.32. The first-order chi connectivity index (χ1) is 5.22. The molecule has 0 amide bonds. The zero-order chi connectivity index (χ0) is 8.27. The lowest BCUT2D eigenvalue weighted by molar-refractivity contribution is 0.0883. The van der Waals surface area contributed by atoms with Crippen molar-refractivity contribution < 1.29 is 5.11 Å². The van der Waals surface area contributed by atoms with Gasteiger partial charge in [0.05, 0.1) is 6.10 Å². The van der Waals surface area contributed by atoms with Crippen molar-refractivity contribution in [3.63, 3.8) is 0 Å². The van der Waals surface area contributed by atoms with E-state index in [4.69, 9.17) is 0 Å². The number of nitrogens with one attached hydrogen (secondary N) is 1. The van der Waals surface area contributed by atoms with Crippen LogP contribution in [0.5, 0.6) is 0 Å². The van der Waals surface area contributed by atoms with Crippen LogP contribution in [-0.2, 0) is 0 Å². The molecule has 0 aliphatic carbocycles. The van der Waals surface area contributed by atoms with Gasteiger partial charge in [-0.2, -0.15) is 0 Å². The quantitative estimate of drug-likeness (QED) is 0.627. The molecule has 1 saturated heterocycles. The van der Waals surface area contributed by atoms with E-state index in [1.807, 2.05) is 6.92 Å². The molecule has 11 heavy (non-hydrogen) atoms. The predicted octanol–water partition coefficient (Wildman–Crippen LogP) is 1.00. The number of aliphatic hydroxyl groups is 1. The third kappa shape index (κ3) is 2.46. The van der Waals surface area contributed by atoms with Crippen molar-refractivity contribution in [1.82, 2.24) is 5.32 Å². The molecule has 0 aromatic carbocycles. The Morgan fingerprint density at radius 2 is 2.18 bits per heavy atom. The summed E-state index contributed by atoms with van der Waals surface area (Å²) in [6.07, 6.45) is 2.39. The maximum Gasteiger partial charge on any atom is 0.0540 e. The van der Waals surface area contributed by atoms with Gasteiger partial charge in [0, 0.05) is 0 Å². The van der Waals surface area contributed by atoms with Crippen molar-refractivity contribution in [3.8, 4) is 0 Å². The summed E-state index contributed by atoms with van der Waals surface area (Å²) in [6, 6.07) is 0. The fourth-order valence-electron chi connectivity index (χ4n) is 1.72. The van der Waals surface area contributed by atoms with Crippen molar-refractivity contribution in [2.75, 3.05) is 13.1 Å². The summed E-state index contributed by atoms with van der Waals surface area (Å²) in [7, 11) is 0. The van der Waals surface area contributed by atoms with E-state index in [1.54, 1.807) is 0 Å². The molecule has 1 rings (SSSR count). The van der Waals surface area contributed by atoms with E-state index < -0.39 is 0 Å². The SMILES string of the molecule is CC(O)C(C)C1CCCNC1. The predicted molar refractivity (Wildman–Crippen MR) is 46.4 cm³/mol. The van der Waals surface area contributed by atoms with E-state index in [0.717, 1.165) is 13.1 Å². The molecule has 1 fully saturated rings. The van der Waals surface area contributed by atoms with Gasteiger partial charge in [-0.3, -0.25) is 0 Å². The first-order valence-corrected chi connectivity index (χ1v) is 4.60. The van der Waals surface area contributed by atoms with Crippen LogP contribution in [0.15, 0.2) is 0 Å². The molecule has 3 atom stereocenters. The van der Waals surface area contributed by atoms with Crippen LogP contribution in [0.3, 0.4) is 0 Å². The minimum Gasteiger partial charge on any atom is -0.393 e. The standard InChI is InChI=1S/C9H19NO/c1-7(8(2)11)9-4-3-5-10-6-9/h7-11H,3-6H2,1-2H3. The van der Waals surface area contributed by atoms with Crippen LogP contribution in [0.1, 0.15) is 26.7 Å². The molecule has 2 heteroatoms. The van der Waals surface area contributed by atoms with Crippen molar-refractivity contribution in [2.24, 2.45) is 11.8 Å². The van der Waals surface area contributed by atoms with Gasteiger partial charge in [-0.05, 0) is 44.7 Å². The summed E-state index contributed by atoms with van der Waals surface area (Å²) in [6.45, 7) is 6.27. The Bertz CT molecular complexity index is 108. The van der Waals surface area contributed by atoms with Crippen LogP contribution in [-0.4, -0.2) is 24.3 Å². The van der Waals surface area contributed by atoms with Crippen LogP contribution < -0.4 is 5.32 Å². The summed E-state index contributed by atoms with van der Waals surface area (Å²) < 4.78 is 0. The van der Waals surface area contributed by atoms with Gasteiger partial charge in [-0.1, -0.05) is 6.92 Å². The van der Waals surface area contributed by atoms with Gasteiger partial charge in [-0.25, -0.2) is 0 Å². The number of hydrogen-bond acceptors (Lipinski definition) is 2. The first-order valence-electron chi connectivity index (χ1n) is 4.60. The van der Waals surface area contributed by atoms with Crippen LogP contribution in [0.2, 0.25) is 0 Å². The highest BCUT2D eigenvalue weighted by molar-refractivity contribution is 4.76. The normalized spacial score (nSPS) is 31.4. The third-order valence-corrected chi connectivity index (χ3v) is 2.84. The lowest BCUT2D eigenvalue weighted by atomic mass is 9.84. The van der Waals surface area contributed by atoms with E-state index in [1.165, 1.54) is 12.8 Å². The Morgan fingerprint density at radius 1 is 1.45 bits per heavy atom. The van der Waals surface area contributed by atoms with Crippen LogP contribution in [0.25, 0.3) is 0 Å². The van der Waals surface area contributed by atoms with Gasteiger partial charge in [0.25, 0.3) is 0 Å². The smallest absolute Gasteiger partial charge is 0.0540 e. The molecular weight excluding hydrogens is 138 g/mol. The molecule has 0 bridgehead atoms. The summed E-state index contributed by atoms with van der Waals surface area (Å²) >= 11 is 0. The lowest BCUT2D eigenvalue weighted by Gasteiger charge is -2.29. The van der Waals surface area contributed by atoms with E-state index in [-0.39, 0.29) is 6.10 Å². The molecule has 0 saturated carbocycles. The van der Waals surface area contributed by atoms with Crippen LogP contribution >= 0.6 is 0 Å². The number of piperidine rings is 1. The molecule has 66 valence electrons. The minimum absolute atomic E-state index is 0.153. The Kier molecular flexibility index (Phi) is 3.34. The van der Waals surface area contributed by atoms with Crippen LogP contribution in [0, 0.1) is 11.8 Å². The monoisotopic (exact) mass is 157 g/mol. The van der Waals surface area contributed by atoms with Crippen molar-refractivity contribution in [2.45, 2.75) is 32.8 Å². The van der Waals surface area contributed by atoms with Crippen molar-refractivity contribution >= 4 is 0 Å². The molecule has 1 aliphatic heterocycles. The third-order valence-electron chi connectivity index (χ3n) is 2.84. The van der Waals surface area contributed by atoms with E-state index >= 15 is 0 Å². The van der Waals surface area contributed by atoms with E-state index in [9.17, 15) is 5.11 Å². The van der Waals surface area contributed by atoms with Gasteiger partial charge >= 0.3 is 0 Å². The molecule has 0 spiro atoms. The molecule has 1 heterocycles. The molecule has 0 aromatic rings. The minimum atomic E-state index is -0.153. The van der Waals surface area contributed by atoms with Gasteiger partial charge in [0.1, 0.15) is 0 Å². The zero-order valence-electron chi connectivity index (χ0n) is 7.51. The largest absolute Gasteiger partial charge is 0.393 e. The maximum atomic E-state index is 9.35. The van der Waals surface area contributed by atoms with Gasteiger partial charge in [-0.15, -0.1) is 0 Å². The Morgan fingerprint density at radius 3 is 2.64 bits per heavy atom. The highest BCUT2D eigenvalue weighted by Gasteiger charge is 2.22. The summed E-state index contributed by atoms with van der Waals surface area (Å²) in [4.78, 5) is 0. The molecule has 0 aromatic heterocycles. The maximum absolute atomic E-state index is 9.35. The van der Waals surface area contributed by atoms with E-state index in [0.29, 0.717) is 11.8 Å². The van der Waals surface area contributed by atoms with Gasteiger partial charge in [0.15, 0.2) is 0 Å². The van der Waals surface area contributed by atoms with Crippen molar-refractivity contribution in [1.29, 1.82) is 0 Å². The molecule has 2 nitrogen and oxygen atoms in total. The van der Waals surface area contributed by atoms with Gasteiger partial charge in [0.2, 0.25) is 0 Å². The second-order valence-corrected chi connectivity index (χ2v) is 3.71. The fourth-order valence-corrected chi connectivity index (χ4v) is 1.72. The highest BCUT2D eigenvalue weighted by atomic mass is 16.3. The highest BCUT2D eigenvalue weighted by Crippen LogP contribution is 2.22. The number of hydrogen-bond donors (Lipinski definition) is 2. The van der Waals surface area contributed by atoms with E-state index in [2.05, 4.69) is 12.2 Å². The van der Waals surface area contributed by atoms with Crippen molar-refractivity contribution in [3.05, 3.63) is 0 Å². The second-order valence-electron chi connectivity index (χ2n) is 3.71. The number of aliphatic hydroxyl groups excluding tert-OH is 1. The fraction of sp³-hybridized carbons (Fsp3) is 1.00. The van der Waals surface area contributed by atoms with Crippen LogP contribution in [0.4, 0.5) is 0 Å². The zero-order valence-corrected chi connectivity index (χ0v) is 7.51. The molecule has 0 radical (unpaired) electrons. The molecule has 2 N–H and O–H groups in total. The Labute approximate surface area is 69.0 Å². The molecular formula is C9H19NO. The summed E-state index contributed by atoms with van der Waals surface area (Å²) in [5.74, 6) is 1.13. The Hall–Kier alpha value is -0.0800. The second kappa shape index (κ2) is 4.07. The number of rotatable bonds is 2. The molecule has 1 aliphatic rings. The summed E-state index contributed by atoms with van der Waals surface area (Å²) in [5.41, 5.74) is 0. The summed E-state index contributed by atoms with van der Waals surface area (Å²) in [5, 5.41) is 12.7.